The number of hydrogen-bond donors (Lipinski definition) is 2. The van der Waals surface area contributed by atoms with Gasteiger partial charge >= 0.3 is 5.97 Å². The zero-order chi connectivity index (χ0) is 16.3. The van der Waals surface area contributed by atoms with Crippen LogP contribution in [0.15, 0.2) is 18.5 Å². The molecule has 8 heteroatoms. The predicted octanol–water partition coefficient (Wildman–Crippen LogP) is 0.891. The average Bonchev–Trinajstić information content (AvgIpc) is 3.02. The van der Waals surface area contributed by atoms with E-state index in [2.05, 4.69) is 15.5 Å². The van der Waals surface area contributed by atoms with Crippen molar-refractivity contribution in [3.63, 3.8) is 0 Å². The van der Waals surface area contributed by atoms with Gasteiger partial charge in [-0.3, -0.25) is 14.2 Å². The summed E-state index contributed by atoms with van der Waals surface area (Å²) in [5.74, 6) is -1.22. The highest BCUT2D eigenvalue weighted by molar-refractivity contribution is 5.85. The van der Waals surface area contributed by atoms with Crippen LogP contribution in [0.25, 0.3) is 0 Å². The van der Waals surface area contributed by atoms with E-state index >= 15 is 0 Å². The molecule has 2 rings (SSSR count). The van der Waals surface area contributed by atoms with E-state index in [1.54, 1.807) is 4.68 Å². The number of carboxylic acids is 1. The van der Waals surface area contributed by atoms with Crippen LogP contribution in [0.1, 0.15) is 41.1 Å². The third kappa shape index (κ3) is 3.51. The minimum atomic E-state index is -1.06. The van der Waals surface area contributed by atoms with Gasteiger partial charge in [-0.1, -0.05) is 0 Å². The molecule has 1 amide bonds. The molecular formula is C14H19N5O3. The minimum absolute atomic E-state index is 0.0731. The number of carbonyl (C=O) groups is 2. The fraction of sp³-hybridized carbons (Fsp3) is 0.429. The van der Waals surface area contributed by atoms with Crippen molar-refractivity contribution in [3.8, 4) is 0 Å². The Morgan fingerprint density at radius 2 is 2.18 bits per heavy atom. The number of aromatic carboxylic acids is 1. The third-order valence-corrected chi connectivity index (χ3v) is 3.38. The maximum atomic E-state index is 12.0. The van der Waals surface area contributed by atoms with E-state index in [9.17, 15) is 9.59 Å². The average molecular weight is 305 g/mol. The van der Waals surface area contributed by atoms with Gasteiger partial charge < -0.3 is 10.4 Å². The summed E-state index contributed by atoms with van der Waals surface area (Å²) >= 11 is 0. The van der Waals surface area contributed by atoms with Gasteiger partial charge in [-0.15, -0.1) is 0 Å². The molecule has 0 saturated heterocycles. The maximum Gasteiger partial charge on any atom is 0.354 e. The second-order valence-corrected chi connectivity index (χ2v) is 5.13. The molecule has 0 aromatic carbocycles. The first-order valence-electron chi connectivity index (χ1n) is 6.93. The molecule has 0 aliphatic heterocycles. The number of aromatic nitrogens is 4. The maximum absolute atomic E-state index is 12.0. The number of carboxylic acid groups (broad SMARTS) is 1. The zero-order valence-corrected chi connectivity index (χ0v) is 12.8. The number of hydrogen-bond acceptors (Lipinski definition) is 4. The molecule has 8 nitrogen and oxygen atoms in total. The lowest BCUT2D eigenvalue weighted by Crippen LogP contribution is -2.28. The Hall–Kier alpha value is -2.64. The lowest BCUT2D eigenvalue weighted by Gasteiger charge is -2.13. The van der Waals surface area contributed by atoms with E-state index < -0.39 is 5.97 Å². The molecule has 0 spiro atoms. The summed E-state index contributed by atoms with van der Waals surface area (Å²) in [7, 11) is 1.83. The predicted molar refractivity (Wildman–Crippen MR) is 78.3 cm³/mol. The zero-order valence-electron chi connectivity index (χ0n) is 12.8. The Bertz CT molecular complexity index is 688. The molecule has 118 valence electrons. The highest BCUT2D eigenvalue weighted by Crippen LogP contribution is 2.15. The fourth-order valence-electron chi connectivity index (χ4n) is 2.33. The van der Waals surface area contributed by atoms with Crippen LogP contribution in [0.3, 0.4) is 0 Å². The van der Waals surface area contributed by atoms with E-state index in [0.717, 1.165) is 11.3 Å². The topological polar surface area (TPSA) is 102 Å². The first kappa shape index (κ1) is 15.7. The first-order valence-corrected chi connectivity index (χ1v) is 6.93. The summed E-state index contributed by atoms with van der Waals surface area (Å²) in [5, 5.41) is 20.0. The third-order valence-electron chi connectivity index (χ3n) is 3.38. The van der Waals surface area contributed by atoms with Gasteiger partial charge in [0, 0.05) is 31.4 Å². The number of nitrogens with zero attached hydrogens (tertiary/aromatic N) is 4. The van der Waals surface area contributed by atoms with Gasteiger partial charge in [0.2, 0.25) is 5.91 Å². The molecule has 2 N–H and O–H groups in total. The van der Waals surface area contributed by atoms with Crippen LogP contribution >= 0.6 is 0 Å². The van der Waals surface area contributed by atoms with Crippen LogP contribution in [-0.4, -0.2) is 36.5 Å². The van der Waals surface area contributed by atoms with Crippen molar-refractivity contribution in [1.29, 1.82) is 0 Å². The van der Waals surface area contributed by atoms with Crippen molar-refractivity contribution in [2.45, 2.75) is 32.9 Å². The summed E-state index contributed by atoms with van der Waals surface area (Å²) in [6, 6.07) is 1.25. The number of aryl methyl sites for hydroxylation is 3. The second kappa shape index (κ2) is 6.42. The summed E-state index contributed by atoms with van der Waals surface area (Å²) in [5.41, 5.74) is 1.90. The molecule has 0 radical (unpaired) electrons. The SMILES string of the molecule is Cc1nn(C)cc1C(C)NC(=O)CCn1nccc1C(=O)O. The van der Waals surface area contributed by atoms with Crippen molar-refractivity contribution in [2.75, 3.05) is 0 Å². The number of nitrogens with one attached hydrogen (secondary N) is 1. The summed E-state index contributed by atoms with van der Waals surface area (Å²) in [6.45, 7) is 4.00. The van der Waals surface area contributed by atoms with Crippen molar-refractivity contribution < 1.29 is 14.7 Å². The summed E-state index contributed by atoms with van der Waals surface area (Å²) in [6.07, 6.45) is 3.44. The van der Waals surface area contributed by atoms with Crippen LogP contribution in [0.5, 0.6) is 0 Å². The number of rotatable bonds is 6. The molecule has 0 saturated carbocycles. The molecule has 0 bridgehead atoms. The molecule has 1 atom stereocenters. The Morgan fingerprint density at radius 3 is 2.77 bits per heavy atom. The van der Waals surface area contributed by atoms with Crippen LogP contribution < -0.4 is 5.32 Å². The standard InChI is InChI=1S/C14H19N5O3/c1-9(11-8-18(3)17-10(11)2)16-13(20)5-7-19-12(14(21)22)4-6-15-19/h4,6,8-9H,5,7H2,1-3H3,(H,16,20)(H,21,22). The molecule has 0 fully saturated rings. The monoisotopic (exact) mass is 305 g/mol. The first-order chi connectivity index (χ1) is 10.4. The molecule has 0 aliphatic rings. The smallest absolute Gasteiger partial charge is 0.354 e. The Morgan fingerprint density at radius 1 is 1.45 bits per heavy atom. The van der Waals surface area contributed by atoms with Gasteiger partial charge in [-0.25, -0.2) is 4.79 Å². The molecule has 0 aliphatic carbocycles. The van der Waals surface area contributed by atoms with Gasteiger partial charge in [-0.05, 0) is 19.9 Å². The molecular weight excluding hydrogens is 286 g/mol. The van der Waals surface area contributed by atoms with Crippen molar-refractivity contribution >= 4 is 11.9 Å². The normalized spacial score (nSPS) is 12.1. The van der Waals surface area contributed by atoms with Gasteiger partial charge in [0.25, 0.3) is 0 Å². The van der Waals surface area contributed by atoms with Crippen molar-refractivity contribution in [1.82, 2.24) is 24.9 Å². The molecule has 2 heterocycles. The minimum Gasteiger partial charge on any atom is -0.477 e. The Labute approximate surface area is 127 Å². The van der Waals surface area contributed by atoms with Gasteiger partial charge in [0.05, 0.1) is 18.3 Å². The van der Waals surface area contributed by atoms with Crippen molar-refractivity contribution in [3.05, 3.63) is 35.4 Å². The summed E-state index contributed by atoms with van der Waals surface area (Å²) in [4.78, 5) is 23.0. The lowest BCUT2D eigenvalue weighted by atomic mass is 10.1. The quantitative estimate of drug-likeness (QED) is 0.825. The highest BCUT2D eigenvalue weighted by Gasteiger charge is 2.15. The molecule has 2 aromatic rings. The van der Waals surface area contributed by atoms with Gasteiger partial charge in [-0.2, -0.15) is 10.2 Å². The molecule has 2 aromatic heterocycles. The van der Waals surface area contributed by atoms with E-state index in [1.807, 2.05) is 27.1 Å². The fourth-order valence-corrected chi connectivity index (χ4v) is 2.33. The highest BCUT2D eigenvalue weighted by atomic mass is 16.4. The Balaban J connectivity index is 1.92. The van der Waals surface area contributed by atoms with E-state index in [1.165, 1.54) is 16.9 Å². The number of amides is 1. The second-order valence-electron chi connectivity index (χ2n) is 5.13. The van der Waals surface area contributed by atoms with Crippen molar-refractivity contribution in [2.24, 2.45) is 7.05 Å². The number of carbonyl (C=O) groups excluding carboxylic acids is 1. The van der Waals surface area contributed by atoms with Crippen LogP contribution in [0, 0.1) is 6.92 Å². The van der Waals surface area contributed by atoms with E-state index in [4.69, 9.17) is 5.11 Å². The van der Waals surface area contributed by atoms with Crippen LogP contribution in [0.2, 0.25) is 0 Å². The molecule has 1 unspecified atom stereocenters. The molecule has 22 heavy (non-hydrogen) atoms. The van der Waals surface area contributed by atoms with Crippen LogP contribution in [-0.2, 0) is 18.4 Å². The lowest BCUT2D eigenvalue weighted by molar-refractivity contribution is -0.122. The van der Waals surface area contributed by atoms with Gasteiger partial charge in [0.15, 0.2) is 0 Å². The van der Waals surface area contributed by atoms with E-state index in [0.29, 0.717) is 0 Å². The van der Waals surface area contributed by atoms with Gasteiger partial charge in [0.1, 0.15) is 5.69 Å². The van der Waals surface area contributed by atoms with Crippen LogP contribution in [0.4, 0.5) is 0 Å². The largest absolute Gasteiger partial charge is 0.477 e. The summed E-state index contributed by atoms with van der Waals surface area (Å²) < 4.78 is 3.01. The van der Waals surface area contributed by atoms with E-state index in [-0.39, 0.29) is 30.6 Å². The Kier molecular flexibility index (Phi) is 4.59.